The van der Waals surface area contributed by atoms with E-state index in [0.29, 0.717) is 12.5 Å². The molecule has 6 heteroatoms. The molecule has 3 aromatic rings. The summed E-state index contributed by atoms with van der Waals surface area (Å²) in [5, 5.41) is 0. The lowest BCUT2D eigenvalue weighted by Crippen LogP contribution is -2.46. The molecule has 1 aliphatic rings. The van der Waals surface area contributed by atoms with Crippen molar-refractivity contribution >= 4 is 23.2 Å². The highest BCUT2D eigenvalue weighted by Crippen LogP contribution is 2.28. The highest BCUT2D eigenvalue weighted by atomic mass is 32.1. The minimum Gasteiger partial charge on any atom is -0.470 e. The first-order valence-corrected chi connectivity index (χ1v) is 9.59. The molecule has 1 aromatic heterocycles. The lowest BCUT2D eigenvalue weighted by Gasteiger charge is -2.36. The van der Waals surface area contributed by atoms with Gasteiger partial charge in [0.15, 0.2) is 0 Å². The van der Waals surface area contributed by atoms with Crippen LogP contribution in [0, 0.1) is 6.92 Å². The summed E-state index contributed by atoms with van der Waals surface area (Å²) in [4.78, 5) is 4.68. The third kappa shape index (κ3) is 3.65. The second kappa shape index (κ2) is 7.74. The smallest absolute Gasteiger partial charge is 0.271 e. The fourth-order valence-corrected chi connectivity index (χ4v) is 3.71. The molecule has 2 heterocycles. The molecule has 0 radical (unpaired) electrons. The van der Waals surface area contributed by atoms with Crippen LogP contribution >= 0.6 is 11.7 Å². The van der Waals surface area contributed by atoms with Crippen molar-refractivity contribution in [2.24, 2.45) is 0 Å². The summed E-state index contributed by atoms with van der Waals surface area (Å²) in [5.74, 6) is 1.52. The van der Waals surface area contributed by atoms with Crippen molar-refractivity contribution in [3.63, 3.8) is 0 Å². The Bertz CT molecular complexity index is 844. The molecule has 1 fully saturated rings. The Hall–Kier alpha value is -2.60. The van der Waals surface area contributed by atoms with E-state index in [9.17, 15) is 0 Å². The van der Waals surface area contributed by atoms with E-state index in [-0.39, 0.29) is 0 Å². The minimum atomic E-state index is 0.523. The van der Waals surface area contributed by atoms with Gasteiger partial charge in [0.25, 0.3) is 5.88 Å². The first kappa shape index (κ1) is 16.8. The quantitative estimate of drug-likeness (QED) is 0.688. The molecule has 1 saturated heterocycles. The van der Waals surface area contributed by atoms with Crippen molar-refractivity contribution in [1.82, 2.24) is 8.75 Å². The maximum atomic E-state index is 5.99. The first-order valence-electron chi connectivity index (χ1n) is 8.86. The van der Waals surface area contributed by atoms with E-state index >= 15 is 0 Å². The average molecular weight is 366 g/mol. The molecule has 26 heavy (non-hydrogen) atoms. The van der Waals surface area contributed by atoms with E-state index in [2.05, 4.69) is 67.9 Å². The maximum Gasteiger partial charge on any atom is 0.271 e. The molecule has 0 spiro atoms. The van der Waals surface area contributed by atoms with E-state index in [1.807, 2.05) is 12.1 Å². The Morgan fingerprint density at radius 3 is 2.35 bits per heavy atom. The molecule has 134 valence electrons. The molecular formula is C20H22N4OS. The van der Waals surface area contributed by atoms with E-state index in [4.69, 9.17) is 4.74 Å². The van der Waals surface area contributed by atoms with Gasteiger partial charge in [0, 0.05) is 31.9 Å². The zero-order chi connectivity index (χ0) is 17.8. The minimum absolute atomic E-state index is 0.523. The number of nitrogens with zero attached hydrogens (tertiary/aromatic N) is 4. The number of benzene rings is 2. The van der Waals surface area contributed by atoms with Crippen LogP contribution in [0.15, 0.2) is 54.6 Å². The Kier molecular flexibility index (Phi) is 5.02. The standard InChI is InChI=1S/C20H22N4OS/c1-16-7-5-6-8-17(16)15-25-20-19(21-26-22-20)24-13-11-23(12-14-24)18-9-3-2-4-10-18/h2-10H,11-15H2,1H3. The van der Waals surface area contributed by atoms with E-state index in [0.717, 1.165) is 32.0 Å². The molecule has 0 amide bonds. The number of para-hydroxylation sites is 1. The molecular weight excluding hydrogens is 344 g/mol. The van der Waals surface area contributed by atoms with Crippen molar-refractivity contribution in [3.8, 4) is 5.88 Å². The number of hydrogen-bond acceptors (Lipinski definition) is 6. The van der Waals surface area contributed by atoms with Gasteiger partial charge in [-0.3, -0.25) is 0 Å². The van der Waals surface area contributed by atoms with E-state index in [1.54, 1.807) is 0 Å². The number of anilines is 2. The summed E-state index contributed by atoms with van der Waals surface area (Å²) in [5.41, 5.74) is 3.69. The van der Waals surface area contributed by atoms with Gasteiger partial charge in [0.2, 0.25) is 5.82 Å². The maximum absolute atomic E-state index is 5.99. The third-order valence-electron chi connectivity index (χ3n) is 4.77. The first-order chi connectivity index (χ1) is 12.8. The lowest BCUT2D eigenvalue weighted by atomic mass is 10.1. The Morgan fingerprint density at radius 2 is 1.58 bits per heavy atom. The largest absolute Gasteiger partial charge is 0.470 e. The normalized spacial score (nSPS) is 14.5. The molecule has 0 bridgehead atoms. The van der Waals surface area contributed by atoms with Crippen LogP contribution in [0.25, 0.3) is 0 Å². The Labute approximate surface area is 158 Å². The number of hydrogen-bond donors (Lipinski definition) is 0. The number of aromatic nitrogens is 2. The number of ether oxygens (including phenoxy) is 1. The number of piperazine rings is 1. The summed E-state index contributed by atoms with van der Waals surface area (Å²) < 4.78 is 14.8. The lowest BCUT2D eigenvalue weighted by molar-refractivity contribution is 0.296. The molecule has 4 rings (SSSR count). The summed E-state index contributed by atoms with van der Waals surface area (Å²) in [6.45, 7) is 6.40. The average Bonchev–Trinajstić information content (AvgIpc) is 3.17. The molecule has 1 aliphatic heterocycles. The van der Waals surface area contributed by atoms with Crippen molar-refractivity contribution in [3.05, 3.63) is 65.7 Å². The van der Waals surface area contributed by atoms with Crippen LogP contribution in [0.5, 0.6) is 5.88 Å². The van der Waals surface area contributed by atoms with Crippen LogP contribution in [-0.2, 0) is 6.61 Å². The van der Waals surface area contributed by atoms with Gasteiger partial charge in [0.1, 0.15) is 6.61 Å². The van der Waals surface area contributed by atoms with Crippen LogP contribution in [0.3, 0.4) is 0 Å². The van der Waals surface area contributed by atoms with Gasteiger partial charge in [0.05, 0.1) is 11.7 Å². The van der Waals surface area contributed by atoms with E-state index in [1.165, 1.54) is 28.5 Å². The zero-order valence-corrected chi connectivity index (χ0v) is 15.7. The van der Waals surface area contributed by atoms with Gasteiger partial charge in [-0.2, -0.15) is 4.37 Å². The topological polar surface area (TPSA) is 41.5 Å². The predicted molar refractivity (Wildman–Crippen MR) is 106 cm³/mol. The van der Waals surface area contributed by atoms with Gasteiger partial charge >= 0.3 is 0 Å². The fourth-order valence-electron chi connectivity index (χ4n) is 3.19. The summed E-state index contributed by atoms with van der Waals surface area (Å²) in [6.07, 6.45) is 0. The van der Waals surface area contributed by atoms with Gasteiger partial charge in [-0.25, -0.2) is 0 Å². The summed E-state index contributed by atoms with van der Waals surface area (Å²) in [6, 6.07) is 18.8. The molecule has 0 saturated carbocycles. The monoisotopic (exact) mass is 366 g/mol. The molecule has 2 aromatic carbocycles. The van der Waals surface area contributed by atoms with Crippen molar-refractivity contribution in [2.45, 2.75) is 13.5 Å². The van der Waals surface area contributed by atoms with Crippen LogP contribution < -0.4 is 14.5 Å². The number of aryl methyl sites for hydroxylation is 1. The van der Waals surface area contributed by atoms with Crippen LogP contribution in [0.4, 0.5) is 11.5 Å². The van der Waals surface area contributed by atoms with Gasteiger partial charge in [-0.05, 0) is 30.2 Å². The second-order valence-corrected chi connectivity index (χ2v) is 6.95. The predicted octanol–water partition coefficient (Wildman–Crippen LogP) is 3.75. The van der Waals surface area contributed by atoms with Crippen LogP contribution in [-0.4, -0.2) is 34.9 Å². The Balaban J connectivity index is 1.39. The highest BCUT2D eigenvalue weighted by molar-refractivity contribution is 6.99. The summed E-state index contributed by atoms with van der Waals surface area (Å²) >= 11 is 1.22. The van der Waals surface area contributed by atoms with E-state index < -0.39 is 0 Å². The molecule has 0 atom stereocenters. The van der Waals surface area contributed by atoms with Crippen molar-refractivity contribution in [1.29, 1.82) is 0 Å². The van der Waals surface area contributed by atoms with Crippen LogP contribution in [0.2, 0.25) is 0 Å². The molecule has 5 nitrogen and oxygen atoms in total. The van der Waals surface area contributed by atoms with Gasteiger partial charge in [-0.1, -0.05) is 42.5 Å². The van der Waals surface area contributed by atoms with Crippen molar-refractivity contribution < 1.29 is 4.74 Å². The Morgan fingerprint density at radius 1 is 0.885 bits per heavy atom. The second-order valence-electron chi connectivity index (χ2n) is 6.42. The molecule has 0 unspecified atom stereocenters. The van der Waals surface area contributed by atoms with Gasteiger partial charge in [-0.15, -0.1) is 4.37 Å². The zero-order valence-electron chi connectivity index (χ0n) is 14.8. The number of rotatable bonds is 5. The fraction of sp³-hybridized carbons (Fsp3) is 0.300. The third-order valence-corrected chi connectivity index (χ3v) is 5.27. The SMILES string of the molecule is Cc1ccccc1COc1nsnc1N1CCN(c2ccccc2)CC1. The van der Waals surface area contributed by atoms with Gasteiger partial charge < -0.3 is 14.5 Å². The molecule has 0 N–H and O–H groups in total. The summed E-state index contributed by atoms with van der Waals surface area (Å²) in [7, 11) is 0. The van der Waals surface area contributed by atoms with Crippen LogP contribution in [0.1, 0.15) is 11.1 Å². The van der Waals surface area contributed by atoms with Crippen molar-refractivity contribution in [2.75, 3.05) is 36.0 Å². The highest BCUT2D eigenvalue weighted by Gasteiger charge is 2.23. The molecule has 0 aliphatic carbocycles.